The van der Waals surface area contributed by atoms with E-state index in [1.165, 1.54) is 12.1 Å². The Kier molecular flexibility index (Phi) is 8.62. The summed E-state index contributed by atoms with van der Waals surface area (Å²) >= 11 is 11.6. The molecule has 0 saturated carbocycles. The molecule has 12 heteroatoms. The highest BCUT2D eigenvalue weighted by molar-refractivity contribution is 6.44. The van der Waals surface area contributed by atoms with Crippen LogP contribution in [-0.4, -0.2) is 22.0 Å². The number of hydrogen-bond acceptors (Lipinski definition) is 6. The zero-order valence-corrected chi connectivity index (χ0v) is 15.9. The lowest BCUT2D eigenvalue weighted by Crippen LogP contribution is -2.29. The van der Waals surface area contributed by atoms with Crippen LogP contribution in [0.4, 0.5) is 22.7 Å². The number of halogens is 4. The van der Waals surface area contributed by atoms with Crippen LogP contribution in [0.1, 0.15) is 0 Å². The molecule has 2 rings (SSSR count). The SMILES string of the molecule is Cl.Cl.Nc1cc(O)c(NC(=O)C(=O)Nc2cc(Cl)c(N)cc2O)cc1Cl. The molecule has 26 heavy (non-hydrogen) atoms. The average Bonchev–Trinajstić information content (AvgIpc) is 2.50. The number of benzene rings is 2. The summed E-state index contributed by atoms with van der Waals surface area (Å²) in [6, 6.07) is 4.63. The van der Waals surface area contributed by atoms with E-state index in [4.69, 9.17) is 34.7 Å². The van der Waals surface area contributed by atoms with Crippen molar-refractivity contribution in [2.24, 2.45) is 0 Å². The molecule has 0 unspecified atom stereocenters. The quantitative estimate of drug-likeness (QED) is 0.238. The van der Waals surface area contributed by atoms with Crippen molar-refractivity contribution in [3.05, 3.63) is 34.3 Å². The van der Waals surface area contributed by atoms with Crippen LogP contribution in [0.5, 0.6) is 11.5 Å². The molecule has 0 aromatic heterocycles. The number of amides is 2. The van der Waals surface area contributed by atoms with Gasteiger partial charge in [-0.1, -0.05) is 23.2 Å². The molecular formula is C14H14Cl4N4O4. The fourth-order valence-electron chi connectivity index (χ4n) is 1.71. The summed E-state index contributed by atoms with van der Waals surface area (Å²) in [5, 5.41) is 23.9. The van der Waals surface area contributed by atoms with Gasteiger partial charge in [0.15, 0.2) is 0 Å². The lowest BCUT2D eigenvalue weighted by molar-refractivity contribution is -0.133. The van der Waals surface area contributed by atoms with Crippen LogP contribution in [0.2, 0.25) is 10.0 Å². The van der Waals surface area contributed by atoms with E-state index in [1.807, 2.05) is 0 Å². The molecule has 0 heterocycles. The molecule has 8 N–H and O–H groups in total. The lowest BCUT2D eigenvalue weighted by atomic mass is 10.2. The van der Waals surface area contributed by atoms with Gasteiger partial charge < -0.3 is 32.3 Å². The molecule has 0 atom stereocenters. The molecule has 0 aliphatic carbocycles. The minimum atomic E-state index is -1.11. The summed E-state index contributed by atoms with van der Waals surface area (Å²) in [4.78, 5) is 23.8. The van der Waals surface area contributed by atoms with Gasteiger partial charge in [-0.15, -0.1) is 24.8 Å². The molecule has 0 spiro atoms. The standard InChI is InChI=1S/C14H12Cl2N4O4.2ClH/c15-5-1-9(11(21)3-7(5)17)19-13(23)14(24)20-10-2-6(16)8(18)4-12(10)22;;/h1-4,21-22H,17-18H2,(H,19,23)(H,20,24);2*1H. The summed E-state index contributed by atoms with van der Waals surface area (Å²) in [5.41, 5.74) is 11.0. The molecule has 0 radical (unpaired) electrons. The first-order valence-electron chi connectivity index (χ1n) is 6.37. The molecule has 0 bridgehead atoms. The van der Waals surface area contributed by atoms with Crippen LogP contribution in [0.25, 0.3) is 0 Å². The van der Waals surface area contributed by atoms with Crippen molar-refractivity contribution in [3.8, 4) is 11.5 Å². The maximum atomic E-state index is 11.9. The third-order valence-electron chi connectivity index (χ3n) is 2.93. The second-order valence-corrected chi connectivity index (χ2v) is 5.50. The summed E-state index contributed by atoms with van der Waals surface area (Å²) in [7, 11) is 0. The van der Waals surface area contributed by atoms with Crippen molar-refractivity contribution in [1.29, 1.82) is 0 Å². The van der Waals surface area contributed by atoms with E-state index < -0.39 is 11.8 Å². The molecule has 0 fully saturated rings. The Hall–Kier alpha value is -2.26. The van der Waals surface area contributed by atoms with E-state index in [0.29, 0.717) is 0 Å². The molecule has 2 aromatic carbocycles. The van der Waals surface area contributed by atoms with Crippen molar-refractivity contribution in [3.63, 3.8) is 0 Å². The van der Waals surface area contributed by atoms with Gasteiger partial charge >= 0.3 is 11.8 Å². The molecule has 8 nitrogen and oxygen atoms in total. The molecule has 0 saturated heterocycles. The topological polar surface area (TPSA) is 151 Å². The Balaban J connectivity index is 0.00000312. The van der Waals surface area contributed by atoms with Crippen LogP contribution in [-0.2, 0) is 9.59 Å². The smallest absolute Gasteiger partial charge is 0.314 e. The van der Waals surface area contributed by atoms with E-state index >= 15 is 0 Å². The summed E-state index contributed by atoms with van der Waals surface area (Å²) in [6.45, 7) is 0. The van der Waals surface area contributed by atoms with Gasteiger partial charge in [-0.25, -0.2) is 0 Å². The molecule has 0 aliphatic heterocycles. The number of carbonyl (C=O) groups excluding carboxylic acids is 2. The van der Waals surface area contributed by atoms with E-state index in [0.717, 1.165) is 12.1 Å². The zero-order chi connectivity index (χ0) is 18.0. The van der Waals surface area contributed by atoms with Crippen LogP contribution in [0, 0.1) is 0 Å². The van der Waals surface area contributed by atoms with Gasteiger partial charge in [0.05, 0.1) is 32.8 Å². The monoisotopic (exact) mass is 442 g/mol. The van der Waals surface area contributed by atoms with Gasteiger partial charge in [0.25, 0.3) is 0 Å². The van der Waals surface area contributed by atoms with Crippen molar-refractivity contribution >= 4 is 82.6 Å². The fraction of sp³-hybridized carbons (Fsp3) is 0. The third kappa shape index (κ3) is 5.37. The number of anilines is 4. The fourth-order valence-corrected chi connectivity index (χ4v) is 2.04. The van der Waals surface area contributed by atoms with E-state index in [1.54, 1.807) is 0 Å². The van der Waals surface area contributed by atoms with E-state index in [2.05, 4.69) is 10.6 Å². The molecular weight excluding hydrogens is 430 g/mol. The number of rotatable bonds is 2. The normalized spacial score (nSPS) is 9.46. The van der Waals surface area contributed by atoms with Gasteiger partial charge in [-0.3, -0.25) is 9.59 Å². The average molecular weight is 444 g/mol. The molecule has 0 aliphatic rings. The number of nitrogen functional groups attached to an aromatic ring is 2. The minimum Gasteiger partial charge on any atom is -0.506 e. The highest BCUT2D eigenvalue weighted by atomic mass is 35.5. The summed E-state index contributed by atoms with van der Waals surface area (Å²) < 4.78 is 0. The second-order valence-electron chi connectivity index (χ2n) is 4.69. The van der Waals surface area contributed by atoms with Gasteiger partial charge in [0.1, 0.15) is 11.5 Å². The Morgan fingerprint density at radius 1 is 0.769 bits per heavy atom. The number of phenolic OH excluding ortho intramolecular Hbond substituents is 2. The van der Waals surface area contributed by atoms with Crippen LogP contribution in [0.3, 0.4) is 0 Å². The largest absolute Gasteiger partial charge is 0.506 e. The van der Waals surface area contributed by atoms with Crippen LogP contribution >= 0.6 is 48.0 Å². The maximum absolute atomic E-state index is 11.9. The number of nitrogens with one attached hydrogen (secondary N) is 2. The Labute approximate surface area is 170 Å². The van der Waals surface area contributed by atoms with E-state index in [9.17, 15) is 19.8 Å². The first-order chi connectivity index (χ1) is 11.2. The van der Waals surface area contributed by atoms with Gasteiger partial charge in [0, 0.05) is 12.1 Å². The Bertz CT molecular complexity index is 779. The Morgan fingerprint density at radius 2 is 1.08 bits per heavy atom. The lowest BCUT2D eigenvalue weighted by Gasteiger charge is -2.11. The molecule has 2 aromatic rings. The predicted octanol–water partition coefficient (Wildman–Crippen LogP) is 2.99. The van der Waals surface area contributed by atoms with Gasteiger partial charge in [0.2, 0.25) is 0 Å². The van der Waals surface area contributed by atoms with Gasteiger partial charge in [-0.05, 0) is 12.1 Å². The number of hydrogen-bond donors (Lipinski definition) is 6. The van der Waals surface area contributed by atoms with Crippen molar-refractivity contribution in [1.82, 2.24) is 0 Å². The summed E-state index contributed by atoms with van der Waals surface area (Å²) in [5.74, 6) is -2.95. The highest BCUT2D eigenvalue weighted by Gasteiger charge is 2.18. The number of phenols is 2. The Morgan fingerprint density at radius 3 is 1.38 bits per heavy atom. The maximum Gasteiger partial charge on any atom is 0.314 e. The summed E-state index contributed by atoms with van der Waals surface area (Å²) in [6.07, 6.45) is 0. The van der Waals surface area contributed by atoms with Crippen LogP contribution in [0.15, 0.2) is 24.3 Å². The van der Waals surface area contributed by atoms with Crippen LogP contribution < -0.4 is 22.1 Å². The molecule has 142 valence electrons. The minimum absolute atomic E-state index is 0. The predicted molar refractivity (Wildman–Crippen MR) is 107 cm³/mol. The highest BCUT2D eigenvalue weighted by Crippen LogP contribution is 2.33. The number of aromatic hydroxyl groups is 2. The zero-order valence-electron chi connectivity index (χ0n) is 12.7. The second kappa shape index (κ2) is 9.44. The third-order valence-corrected chi connectivity index (χ3v) is 3.59. The number of carbonyl (C=O) groups is 2. The van der Waals surface area contributed by atoms with E-state index in [-0.39, 0.29) is 69.1 Å². The number of nitrogens with two attached hydrogens (primary N) is 2. The first kappa shape index (κ1) is 23.7. The van der Waals surface area contributed by atoms with Crippen molar-refractivity contribution in [2.75, 3.05) is 22.1 Å². The first-order valence-corrected chi connectivity index (χ1v) is 7.13. The molecule has 2 amide bonds. The van der Waals surface area contributed by atoms with Crippen molar-refractivity contribution < 1.29 is 19.8 Å². The van der Waals surface area contributed by atoms with Gasteiger partial charge in [-0.2, -0.15) is 0 Å². The van der Waals surface area contributed by atoms with Crippen molar-refractivity contribution in [2.45, 2.75) is 0 Å².